The van der Waals surface area contributed by atoms with Crippen molar-refractivity contribution >= 4 is 6.09 Å². The molecular weight excluding hydrogens is 182 g/mol. The summed E-state index contributed by atoms with van der Waals surface area (Å²) in [6.45, 7) is 6.75. The Morgan fingerprint density at radius 1 is 1.29 bits per heavy atom. The number of amides is 1. The summed E-state index contributed by atoms with van der Waals surface area (Å²) in [6, 6.07) is 0. The molecule has 0 saturated heterocycles. The number of methoxy groups -OCH3 is 1. The molecule has 0 atom stereocenters. The highest BCUT2D eigenvalue weighted by atomic mass is 16.6. The first-order chi connectivity index (χ1) is 6.19. The van der Waals surface area contributed by atoms with E-state index >= 15 is 0 Å². The highest BCUT2D eigenvalue weighted by Crippen LogP contribution is 2.12. The summed E-state index contributed by atoms with van der Waals surface area (Å²) < 4.78 is 10.4. The van der Waals surface area contributed by atoms with Crippen molar-refractivity contribution < 1.29 is 18.8 Å². The monoisotopic (exact) mass is 204 g/mol. The minimum absolute atomic E-state index is 0.186. The molecule has 4 nitrogen and oxygen atoms in total. The summed E-state index contributed by atoms with van der Waals surface area (Å²) in [5.74, 6) is 0. The molecule has 84 valence electrons. The third-order valence-corrected chi connectivity index (χ3v) is 1.74. The normalized spacial score (nSPS) is 12.7. The van der Waals surface area contributed by atoms with E-state index in [0.29, 0.717) is 13.2 Å². The molecule has 0 rings (SSSR count). The quantitative estimate of drug-likeness (QED) is 0.656. The summed E-state index contributed by atoms with van der Waals surface area (Å²) in [5, 5.41) is 0. The molecule has 0 N–H and O–H groups in total. The molecule has 4 heteroatoms. The minimum atomic E-state index is -0.431. The first-order valence-electron chi connectivity index (χ1n) is 4.74. The molecule has 0 saturated carbocycles. The van der Waals surface area contributed by atoms with Crippen LogP contribution in [0.25, 0.3) is 0 Å². The molecule has 0 aromatic carbocycles. The third kappa shape index (κ3) is 5.19. The number of hydrogen-bond donors (Lipinski definition) is 0. The number of rotatable bonds is 3. The third-order valence-electron chi connectivity index (χ3n) is 1.74. The van der Waals surface area contributed by atoms with Gasteiger partial charge >= 0.3 is 6.09 Å². The van der Waals surface area contributed by atoms with E-state index in [2.05, 4.69) is 0 Å². The van der Waals surface area contributed by atoms with Crippen molar-refractivity contribution in [2.24, 2.45) is 0 Å². The second-order valence-corrected chi connectivity index (χ2v) is 4.88. The second kappa shape index (κ2) is 4.75. The van der Waals surface area contributed by atoms with Crippen LogP contribution in [0.15, 0.2) is 0 Å². The Labute approximate surface area is 86.4 Å². The Bertz CT molecular complexity index is 194. The van der Waals surface area contributed by atoms with Crippen molar-refractivity contribution in [3.05, 3.63) is 0 Å². The van der Waals surface area contributed by atoms with Crippen LogP contribution in [0, 0.1) is 0 Å². The summed E-state index contributed by atoms with van der Waals surface area (Å²) in [7, 11) is 5.25. The van der Waals surface area contributed by atoms with E-state index in [0.717, 1.165) is 0 Å². The van der Waals surface area contributed by atoms with Gasteiger partial charge in [-0.05, 0) is 20.8 Å². The smallest absolute Gasteiger partial charge is 0.414 e. The zero-order valence-electron chi connectivity index (χ0n) is 10.1. The zero-order valence-corrected chi connectivity index (χ0v) is 10.1. The van der Waals surface area contributed by atoms with Crippen LogP contribution in [-0.4, -0.2) is 50.5 Å². The molecule has 0 aromatic heterocycles. The Morgan fingerprint density at radius 2 is 1.79 bits per heavy atom. The SMILES string of the molecule is COCC[N+](C)(C)C(=O)OC(C)(C)C. The van der Waals surface area contributed by atoms with Gasteiger partial charge in [-0.2, -0.15) is 4.79 Å². The second-order valence-electron chi connectivity index (χ2n) is 4.88. The van der Waals surface area contributed by atoms with Crippen LogP contribution in [0.5, 0.6) is 0 Å². The highest BCUT2D eigenvalue weighted by molar-refractivity contribution is 5.59. The number of ether oxygens (including phenoxy) is 2. The standard InChI is InChI=1S/C10H22NO3/c1-10(2,3)14-9(12)11(4,5)7-8-13-6/h7-8H2,1-6H3/q+1. The topological polar surface area (TPSA) is 35.5 Å². The molecule has 14 heavy (non-hydrogen) atoms. The molecule has 0 heterocycles. The molecule has 0 aliphatic carbocycles. The summed E-state index contributed by atoms with van der Waals surface area (Å²) >= 11 is 0. The van der Waals surface area contributed by atoms with E-state index < -0.39 is 5.60 Å². The summed E-state index contributed by atoms with van der Waals surface area (Å²) in [5.41, 5.74) is -0.431. The lowest BCUT2D eigenvalue weighted by Gasteiger charge is -2.29. The average Bonchev–Trinajstić information content (AvgIpc) is 1.97. The number of likely N-dealkylation sites (N-methyl/N-ethyl adjacent to an activating group) is 1. The fraction of sp³-hybridized carbons (Fsp3) is 0.900. The molecule has 0 spiro atoms. The Morgan fingerprint density at radius 3 is 2.14 bits per heavy atom. The summed E-state index contributed by atoms with van der Waals surface area (Å²) in [6.07, 6.45) is -0.227. The molecule has 0 aliphatic heterocycles. The number of carbonyl (C=O) groups excluding carboxylic acids is 1. The average molecular weight is 204 g/mol. The lowest BCUT2D eigenvalue weighted by atomic mass is 10.2. The van der Waals surface area contributed by atoms with E-state index in [1.54, 1.807) is 7.11 Å². The van der Waals surface area contributed by atoms with Gasteiger partial charge in [0.05, 0.1) is 20.7 Å². The van der Waals surface area contributed by atoms with Gasteiger partial charge in [0, 0.05) is 7.11 Å². The van der Waals surface area contributed by atoms with E-state index in [-0.39, 0.29) is 10.6 Å². The van der Waals surface area contributed by atoms with Crippen molar-refractivity contribution in [1.29, 1.82) is 0 Å². The molecule has 0 fully saturated rings. The van der Waals surface area contributed by atoms with Crippen molar-refractivity contribution in [2.45, 2.75) is 26.4 Å². The molecule has 0 radical (unpaired) electrons. The Kier molecular flexibility index (Phi) is 4.55. The van der Waals surface area contributed by atoms with Gasteiger partial charge in [0.2, 0.25) is 0 Å². The zero-order chi connectivity index (χ0) is 11.4. The van der Waals surface area contributed by atoms with Gasteiger partial charge in [-0.3, -0.25) is 0 Å². The van der Waals surface area contributed by atoms with Gasteiger partial charge in [0.1, 0.15) is 12.1 Å². The van der Waals surface area contributed by atoms with Crippen LogP contribution < -0.4 is 0 Å². The first kappa shape index (κ1) is 13.4. The van der Waals surface area contributed by atoms with Gasteiger partial charge in [0.15, 0.2) is 0 Å². The number of carbonyl (C=O) groups is 1. The molecule has 0 unspecified atom stereocenters. The van der Waals surface area contributed by atoms with Crippen LogP contribution >= 0.6 is 0 Å². The first-order valence-corrected chi connectivity index (χ1v) is 4.74. The largest absolute Gasteiger partial charge is 0.516 e. The molecule has 0 aromatic rings. The van der Waals surface area contributed by atoms with Gasteiger partial charge in [0.25, 0.3) is 0 Å². The van der Waals surface area contributed by atoms with Crippen LogP contribution in [0.1, 0.15) is 20.8 Å². The van der Waals surface area contributed by atoms with Crippen LogP contribution in [0.3, 0.4) is 0 Å². The predicted molar refractivity (Wildman–Crippen MR) is 55.1 cm³/mol. The number of quaternary nitrogens is 1. The Balaban J connectivity index is 4.21. The van der Waals surface area contributed by atoms with Crippen molar-refractivity contribution in [3.8, 4) is 0 Å². The van der Waals surface area contributed by atoms with Crippen LogP contribution in [0.2, 0.25) is 0 Å². The van der Waals surface area contributed by atoms with Crippen molar-refractivity contribution in [2.75, 3.05) is 34.4 Å². The van der Waals surface area contributed by atoms with Gasteiger partial charge in [-0.15, -0.1) is 0 Å². The summed E-state index contributed by atoms with van der Waals surface area (Å²) in [4.78, 5) is 11.7. The molecule has 0 bridgehead atoms. The highest BCUT2D eigenvalue weighted by Gasteiger charge is 2.32. The molecule has 0 aliphatic rings. The lowest BCUT2D eigenvalue weighted by molar-refractivity contribution is -0.818. The maximum absolute atomic E-state index is 11.7. The molecular formula is C10H22NO3+. The predicted octanol–water partition coefficient (Wildman–Crippen LogP) is 1.64. The van der Waals surface area contributed by atoms with E-state index in [4.69, 9.17) is 9.47 Å². The van der Waals surface area contributed by atoms with E-state index in [9.17, 15) is 4.79 Å². The lowest BCUT2D eigenvalue weighted by Crippen LogP contribution is -2.50. The van der Waals surface area contributed by atoms with Gasteiger partial charge < -0.3 is 9.47 Å². The molecule has 1 amide bonds. The number of nitrogens with zero attached hydrogens (tertiary/aromatic N) is 1. The maximum Gasteiger partial charge on any atom is 0.516 e. The van der Waals surface area contributed by atoms with Crippen LogP contribution in [-0.2, 0) is 9.47 Å². The maximum atomic E-state index is 11.7. The fourth-order valence-corrected chi connectivity index (χ4v) is 0.796. The minimum Gasteiger partial charge on any atom is -0.414 e. The van der Waals surface area contributed by atoms with E-state index in [1.165, 1.54) is 0 Å². The van der Waals surface area contributed by atoms with Crippen molar-refractivity contribution in [3.63, 3.8) is 0 Å². The fourth-order valence-electron chi connectivity index (χ4n) is 0.796. The van der Waals surface area contributed by atoms with Gasteiger partial charge in [-0.25, -0.2) is 4.48 Å². The van der Waals surface area contributed by atoms with E-state index in [1.807, 2.05) is 34.9 Å². The van der Waals surface area contributed by atoms with Crippen molar-refractivity contribution in [1.82, 2.24) is 0 Å². The number of hydrogen-bond acceptors (Lipinski definition) is 3. The Hall–Kier alpha value is -0.610. The van der Waals surface area contributed by atoms with Crippen LogP contribution in [0.4, 0.5) is 4.79 Å². The van der Waals surface area contributed by atoms with Gasteiger partial charge in [-0.1, -0.05) is 0 Å².